The molecule has 0 aliphatic carbocycles. The van der Waals surface area contributed by atoms with Crippen molar-refractivity contribution in [2.75, 3.05) is 6.54 Å². The van der Waals surface area contributed by atoms with Gasteiger partial charge in [-0.1, -0.05) is 32.4 Å². The highest BCUT2D eigenvalue weighted by molar-refractivity contribution is 5.93. The molecule has 0 aliphatic rings. The van der Waals surface area contributed by atoms with E-state index in [9.17, 15) is 29.4 Å². The van der Waals surface area contributed by atoms with Crippen molar-refractivity contribution in [1.82, 2.24) is 16.0 Å². The Morgan fingerprint density at radius 3 is 2.10 bits per heavy atom. The number of nitrogens with two attached hydrogens (primary N) is 1. The van der Waals surface area contributed by atoms with Crippen LogP contribution in [0.4, 0.5) is 0 Å². The van der Waals surface area contributed by atoms with Crippen molar-refractivity contribution in [3.05, 3.63) is 29.8 Å². The molecule has 4 atom stereocenters. The van der Waals surface area contributed by atoms with Crippen molar-refractivity contribution in [1.29, 1.82) is 0 Å². The summed E-state index contributed by atoms with van der Waals surface area (Å²) < 4.78 is 0. The molecule has 30 heavy (non-hydrogen) atoms. The predicted octanol–water partition coefficient (Wildman–Crippen LogP) is -0.502. The monoisotopic (exact) mass is 422 g/mol. The number of benzene rings is 1. The third-order valence-electron chi connectivity index (χ3n) is 4.74. The summed E-state index contributed by atoms with van der Waals surface area (Å²) in [6, 6.07) is 2.99. The van der Waals surface area contributed by atoms with Gasteiger partial charge >= 0.3 is 5.97 Å². The minimum absolute atomic E-state index is 0.0605. The molecule has 0 bridgehead atoms. The smallest absolute Gasteiger partial charge is 0.326 e. The Bertz CT molecular complexity index is 752. The molecule has 1 aromatic carbocycles. The van der Waals surface area contributed by atoms with E-state index >= 15 is 0 Å². The predicted molar refractivity (Wildman–Crippen MR) is 109 cm³/mol. The first-order chi connectivity index (χ1) is 14.1. The standard InChI is InChI=1S/C20H30N4O6/c1-4-11(2)17(20(29)30)24-18(27)12(3)22-19(28)15(23-16(26)10-21)9-13-5-7-14(25)8-6-13/h5-8,11-12,15,17,25H,4,9-10,21H2,1-3H3,(H,22,28)(H,23,26)(H,24,27)(H,29,30). The van der Waals surface area contributed by atoms with Gasteiger partial charge < -0.3 is 31.9 Å². The van der Waals surface area contributed by atoms with Crippen LogP contribution in [0.2, 0.25) is 0 Å². The number of carbonyl (C=O) groups is 4. The lowest BCUT2D eigenvalue weighted by atomic mass is 9.99. The Kier molecular flexibility index (Phi) is 9.76. The van der Waals surface area contributed by atoms with E-state index in [0.717, 1.165) is 0 Å². The van der Waals surface area contributed by atoms with Gasteiger partial charge in [0.15, 0.2) is 0 Å². The fourth-order valence-electron chi connectivity index (χ4n) is 2.67. The molecule has 0 saturated carbocycles. The normalized spacial score (nSPS) is 14.7. The molecule has 0 saturated heterocycles. The van der Waals surface area contributed by atoms with Gasteiger partial charge in [0.25, 0.3) is 0 Å². The van der Waals surface area contributed by atoms with Crippen LogP contribution >= 0.6 is 0 Å². The zero-order valence-electron chi connectivity index (χ0n) is 17.3. The minimum Gasteiger partial charge on any atom is -0.508 e. The fourth-order valence-corrected chi connectivity index (χ4v) is 2.67. The molecule has 3 amide bonds. The van der Waals surface area contributed by atoms with E-state index in [1.54, 1.807) is 19.1 Å². The van der Waals surface area contributed by atoms with E-state index in [1.165, 1.54) is 19.1 Å². The van der Waals surface area contributed by atoms with Crippen LogP contribution in [-0.4, -0.2) is 58.6 Å². The number of phenols is 1. The summed E-state index contributed by atoms with van der Waals surface area (Å²) in [6.45, 7) is 4.63. The second-order valence-electron chi connectivity index (χ2n) is 7.14. The summed E-state index contributed by atoms with van der Waals surface area (Å²) in [5, 5.41) is 26.1. The van der Waals surface area contributed by atoms with E-state index in [1.807, 2.05) is 6.92 Å². The number of aliphatic carboxylic acids is 1. The number of carboxylic acids is 1. The number of carbonyl (C=O) groups excluding carboxylic acids is 3. The third kappa shape index (κ3) is 7.70. The number of phenolic OH excluding ortho intramolecular Hbond substituents is 1. The van der Waals surface area contributed by atoms with E-state index in [-0.39, 0.29) is 24.6 Å². The lowest BCUT2D eigenvalue weighted by Gasteiger charge is -2.24. The molecule has 0 heterocycles. The number of carboxylic acid groups (broad SMARTS) is 1. The van der Waals surface area contributed by atoms with Gasteiger partial charge in [0.05, 0.1) is 6.54 Å². The summed E-state index contributed by atoms with van der Waals surface area (Å²) >= 11 is 0. The second kappa shape index (κ2) is 11.8. The van der Waals surface area contributed by atoms with Gasteiger partial charge in [-0.15, -0.1) is 0 Å². The first kappa shape index (κ1) is 24.9. The van der Waals surface area contributed by atoms with E-state index in [2.05, 4.69) is 16.0 Å². The molecule has 10 heteroatoms. The van der Waals surface area contributed by atoms with Crippen molar-refractivity contribution in [3.63, 3.8) is 0 Å². The highest BCUT2D eigenvalue weighted by atomic mass is 16.4. The molecule has 1 aromatic rings. The Labute approximate surface area is 175 Å². The average Bonchev–Trinajstić information content (AvgIpc) is 2.71. The highest BCUT2D eigenvalue weighted by Crippen LogP contribution is 2.12. The van der Waals surface area contributed by atoms with Crippen molar-refractivity contribution < 1.29 is 29.4 Å². The molecule has 0 aromatic heterocycles. The summed E-state index contributed by atoms with van der Waals surface area (Å²) in [6.07, 6.45) is 0.661. The van der Waals surface area contributed by atoms with Crippen LogP contribution < -0.4 is 21.7 Å². The Morgan fingerprint density at radius 1 is 1.00 bits per heavy atom. The van der Waals surface area contributed by atoms with Gasteiger partial charge in [0.2, 0.25) is 17.7 Å². The fraction of sp³-hybridized carbons (Fsp3) is 0.500. The van der Waals surface area contributed by atoms with Crippen LogP contribution in [0.5, 0.6) is 5.75 Å². The zero-order valence-corrected chi connectivity index (χ0v) is 17.3. The summed E-state index contributed by atoms with van der Waals surface area (Å²) in [4.78, 5) is 48.2. The van der Waals surface area contributed by atoms with Crippen LogP contribution in [0.3, 0.4) is 0 Å². The number of aromatic hydroxyl groups is 1. The summed E-state index contributed by atoms with van der Waals surface area (Å²) in [5.41, 5.74) is 5.98. The molecular formula is C20H30N4O6. The molecule has 7 N–H and O–H groups in total. The topological polar surface area (TPSA) is 171 Å². The Hall–Kier alpha value is -3.14. The SMILES string of the molecule is CCC(C)C(NC(=O)C(C)NC(=O)C(Cc1ccc(O)cc1)NC(=O)CN)C(=O)O. The lowest BCUT2D eigenvalue weighted by molar-refractivity contribution is -0.143. The minimum atomic E-state index is -1.16. The molecular weight excluding hydrogens is 392 g/mol. The van der Waals surface area contributed by atoms with Crippen molar-refractivity contribution in [3.8, 4) is 5.75 Å². The van der Waals surface area contributed by atoms with Gasteiger partial charge in [-0.05, 0) is 30.5 Å². The van der Waals surface area contributed by atoms with E-state index in [0.29, 0.717) is 12.0 Å². The van der Waals surface area contributed by atoms with Gasteiger partial charge in [-0.3, -0.25) is 14.4 Å². The van der Waals surface area contributed by atoms with E-state index < -0.39 is 41.8 Å². The van der Waals surface area contributed by atoms with Crippen molar-refractivity contribution in [2.45, 2.75) is 51.7 Å². The zero-order chi connectivity index (χ0) is 22.8. The van der Waals surface area contributed by atoms with Crippen molar-refractivity contribution >= 4 is 23.7 Å². The summed E-state index contributed by atoms with van der Waals surface area (Å²) in [5.74, 6) is -3.20. The average molecular weight is 422 g/mol. The molecule has 0 radical (unpaired) electrons. The summed E-state index contributed by atoms with van der Waals surface area (Å²) in [7, 11) is 0. The van der Waals surface area contributed by atoms with Gasteiger partial charge in [-0.2, -0.15) is 0 Å². The number of hydrogen-bond acceptors (Lipinski definition) is 6. The highest BCUT2D eigenvalue weighted by Gasteiger charge is 2.29. The Balaban J connectivity index is 2.84. The quantitative estimate of drug-likeness (QED) is 0.279. The van der Waals surface area contributed by atoms with Gasteiger partial charge in [0.1, 0.15) is 23.9 Å². The maximum atomic E-state index is 12.7. The van der Waals surface area contributed by atoms with Gasteiger partial charge in [0, 0.05) is 6.42 Å². The second-order valence-corrected chi connectivity index (χ2v) is 7.14. The van der Waals surface area contributed by atoms with Crippen LogP contribution in [0.15, 0.2) is 24.3 Å². The molecule has 0 spiro atoms. The van der Waals surface area contributed by atoms with E-state index in [4.69, 9.17) is 5.73 Å². The van der Waals surface area contributed by atoms with Crippen LogP contribution in [0, 0.1) is 5.92 Å². The van der Waals surface area contributed by atoms with Gasteiger partial charge in [-0.25, -0.2) is 4.79 Å². The van der Waals surface area contributed by atoms with Crippen LogP contribution in [0.25, 0.3) is 0 Å². The maximum Gasteiger partial charge on any atom is 0.326 e. The Morgan fingerprint density at radius 2 is 1.60 bits per heavy atom. The number of hydrogen-bond donors (Lipinski definition) is 6. The first-order valence-electron chi connectivity index (χ1n) is 9.69. The number of nitrogens with one attached hydrogen (secondary N) is 3. The largest absolute Gasteiger partial charge is 0.508 e. The number of rotatable bonds is 11. The van der Waals surface area contributed by atoms with Crippen molar-refractivity contribution in [2.24, 2.45) is 11.7 Å². The third-order valence-corrected chi connectivity index (χ3v) is 4.74. The van der Waals surface area contributed by atoms with Crippen LogP contribution in [-0.2, 0) is 25.6 Å². The molecule has 166 valence electrons. The van der Waals surface area contributed by atoms with Crippen LogP contribution in [0.1, 0.15) is 32.8 Å². The molecule has 10 nitrogen and oxygen atoms in total. The molecule has 0 fully saturated rings. The number of amides is 3. The first-order valence-corrected chi connectivity index (χ1v) is 9.69. The lowest BCUT2D eigenvalue weighted by Crippen LogP contribution is -2.56. The molecule has 1 rings (SSSR count). The maximum absolute atomic E-state index is 12.7. The molecule has 0 aliphatic heterocycles. The molecule has 4 unspecified atom stereocenters.